The molecule has 2 aromatic heterocycles. The zero-order chi connectivity index (χ0) is 38.1. The second-order valence-corrected chi connectivity index (χ2v) is 14.3. The van der Waals surface area contributed by atoms with Gasteiger partial charge in [-0.15, -0.1) is 0 Å². The van der Waals surface area contributed by atoms with Crippen LogP contribution in [-0.4, -0.2) is 60.1 Å². The highest BCUT2D eigenvalue weighted by molar-refractivity contribution is 6.32. The van der Waals surface area contributed by atoms with Gasteiger partial charge in [0.15, 0.2) is 17.3 Å². The van der Waals surface area contributed by atoms with Gasteiger partial charge < -0.3 is 10.5 Å². The second kappa shape index (κ2) is 15.0. The van der Waals surface area contributed by atoms with Gasteiger partial charge in [-0.25, -0.2) is 32.5 Å². The molecule has 4 aromatic rings. The molecule has 11 nitrogen and oxygen atoms in total. The monoisotopic (exact) mass is 748 g/mol. The number of hydrogen-bond acceptors (Lipinski definition) is 8. The number of amides is 1. The van der Waals surface area contributed by atoms with Gasteiger partial charge in [0.25, 0.3) is 12.3 Å². The van der Waals surface area contributed by atoms with Crippen LogP contribution in [0.3, 0.4) is 0 Å². The van der Waals surface area contributed by atoms with Crippen LogP contribution in [-0.2, 0) is 19.9 Å². The molecular formula is C35H38ClF5N8O3. The molecule has 1 aliphatic heterocycles. The van der Waals surface area contributed by atoms with Crippen molar-refractivity contribution >= 4 is 29.4 Å². The maximum Gasteiger partial charge on any atom is 0.333 e. The highest BCUT2D eigenvalue weighted by Gasteiger charge is 2.53. The minimum atomic E-state index is -2.99. The molecule has 2 aromatic carbocycles. The third-order valence-corrected chi connectivity index (χ3v) is 9.07. The Morgan fingerprint density at radius 1 is 1.02 bits per heavy atom. The molecule has 0 radical (unpaired) electrons. The number of nitrogens with two attached hydrogens (primary N) is 1. The van der Waals surface area contributed by atoms with E-state index in [-0.39, 0.29) is 35.1 Å². The molecule has 0 spiro atoms. The van der Waals surface area contributed by atoms with Crippen molar-refractivity contribution in [2.24, 2.45) is 22.1 Å². The van der Waals surface area contributed by atoms with Crippen LogP contribution in [0.4, 0.5) is 22.0 Å². The molecule has 0 bridgehead atoms. The summed E-state index contributed by atoms with van der Waals surface area (Å²) in [5, 5.41) is 7.63. The smallest absolute Gasteiger partial charge is 0.333 e. The first-order chi connectivity index (χ1) is 24.4. The van der Waals surface area contributed by atoms with Gasteiger partial charge in [-0.2, -0.15) is 19.0 Å². The molecule has 52 heavy (non-hydrogen) atoms. The van der Waals surface area contributed by atoms with Crippen LogP contribution in [0, 0.1) is 11.3 Å². The van der Waals surface area contributed by atoms with Crippen molar-refractivity contribution in [3.63, 3.8) is 0 Å². The van der Waals surface area contributed by atoms with E-state index in [1.807, 2.05) is 20.8 Å². The van der Waals surface area contributed by atoms with Crippen molar-refractivity contribution in [1.82, 2.24) is 29.4 Å². The van der Waals surface area contributed by atoms with E-state index in [9.17, 15) is 31.5 Å². The molecular weight excluding hydrogens is 711 g/mol. The van der Waals surface area contributed by atoms with Crippen molar-refractivity contribution in [2.45, 2.75) is 78.2 Å². The Hall–Kier alpha value is -4.86. The molecule has 1 aliphatic rings. The molecule has 2 N–H and O–H groups in total. The Morgan fingerprint density at radius 3 is 2.31 bits per heavy atom. The van der Waals surface area contributed by atoms with Crippen LogP contribution in [0.5, 0.6) is 0 Å². The van der Waals surface area contributed by atoms with Crippen molar-refractivity contribution in [3.05, 3.63) is 83.2 Å². The number of ether oxygens (including phenoxy) is 1. The number of rotatable bonds is 13. The maximum atomic E-state index is 14.9. The molecule has 278 valence electrons. The van der Waals surface area contributed by atoms with E-state index in [0.717, 1.165) is 11.0 Å². The zero-order valence-electron chi connectivity index (χ0n) is 29.0. The van der Waals surface area contributed by atoms with Gasteiger partial charge in [-0.3, -0.25) is 14.5 Å². The third-order valence-electron chi connectivity index (χ3n) is 8.75. The molecule has 0 aliphatic carbocycles. The van der Waals surface area contributed by atoms with E-state index in [4.69, 9.17) is 27.1 Å². The molecule has 4 atom stereocenters. The normalized spacial score (nSPS) is 18.2. The highest BCUT2D eigenvalue weighted by atomic mass is 35.5. The molecule has 0 saturated carbocycles. The summed E-state index contributed by atoms with van der Waals surface area (Å²) in [6.07, 6.45) is -0.916. The molecule has 0 saturated heterocycles. The fourth-order valence-corrected chi connectivity index (χ4v) is 6.26. The van der Waals surface area contributed by atoms with Gasteiger partial charge in [0.2, 0.25) is 0 Å². The summed E-state index contributed by atoms with van der Waals surface area (Å²) in [6.45, 7) is 5.35. The number of nitrogens with zero attached hydrogens (tertiary/aromatic N) is 7. The van der Waals surface area contributed by atoms with E-state index < -0.39 is 66.4 Å². The standard InChI is InChI=1S/C35H38ClF5N8O3/c1-19(20(2)37)12-28(50)52-16-27(22-8-11-25(36)26(13-22)49-30(29(38)39)43-18-45-49)48-31(51)35(46-33(48)42,17-34(3,4)5)24-9-6-21(7-10-24)23-14-44-47(15-23)32(40)41/h6-11,13-15,18-20,27,29,32H,12,16-17H2,1-5H3,(H2,42,46)/t19-,20?,27-,35-/m1/s1. The van der Waals surface area contributed by atoms with E-state index in [1.165, 1.54) is 42.4 Å². The Bertz CT molecular complexity index is 1940. The van der Waals surface area contributed by atoms with E-state index in [2.05, 4.69) is 15.2 Å². The molecule has 17 heteroatoms. The number of esters is 1. The SMILES string of the molecule is CC(F)[C@H](C)CC(=O)OC[C@H](c1ccc(Cl)c(-n2ncnc2C(F)F)c1)N1C(=O)[C@@](CC(C)(C)C)(c2ccc(-c3cnn(C(F)F)c3)cc2)N=C1N. The first kappa shape index (κ1) is 38.4. The molecule has 0 fully saturated rings. The number of benzene rings is 2. The minimum absolute atomic E-state index is 0.0111. The summed E-state index contributed by atoms with van der Waals surface area (Å²) >= 11 is 6.45. The highest BCUT2D eigenvalue weighted by Crippen LogP contribution is 2.45. The molecule has 5 rings (SSSR count). The predicted molar refractivity (Wildman–Crippen MR) is 183 cm³/mol. The number of guanidine groups is 1. The fraction of sp³-hybridized carbons (Fsp3) is 0.429. The van der Waals surface area contributed by atoms with Crippen LogP contribution < -0.4 is 5.73 Å². The summed E-state index contributed by atoms with van der Waals surface area (Å²) in [7, 11) is 0. The topological polar surface area (TPSA) is 134 Å². The average molecular weight is 749 g/mol. The predicted octanol–water partition coefficient (Wildman–Crippen LogP) is 7.57. The number of carbonyl (C=O) groups is 2. The van der Waals surface area contributed by atoms with Crippen molar-refractivity contribution in [3.8, 4) is 16.8 Å². The average Bonchev–Trinajstić information content (AvgIpc) is 3.81. The maximum absolute atomic E-state index is 14.9. The lowest BCUT2D eigenvalue weighted by molar-refractivity contribution is -0.149. The largest absolute Gasteiger partial charge is 0.463 e. The number of alkyl halides is 5. The number of aliphatic imine (C=N–C) groups is 1. The molecule has 1 amide bonds. The quantitative estimate of drug-likeness (QED) is 0.110. The summed E-state index contributed by atoms with van der Waals surface area (Å²) in [4.78, 5) is 37.4. The molecule has 1 unspecified atom stereocenters. The summed E-state index contributed by atoms with van der Waals surface area (Å²) in [5.74, 6) is -2.85. The van der Waals surface area contributed by atoms with Crippen LogP contribution in [0.2, 0.25) is 5.02 Å². The van der Waals surface area contributed by atoms with E-state index in [1.54, 1.807) is 31.2 Å². The number of aromatic nitrogens is 5. The van der Waals surface area contributed by atoms with E-state index >= 15 is 0 Å². The van der Waals surface area contributed by atoms with Gasteiger partial charge in [0.05, 0.1) is 29.4 Å². The zero-order valence-corrected chi connectivity index (χ0v) is 29.7. The Labute approximate surface area is 301 Å². The van der Waals surface area contributed by atoms with Crippen LogP contribution in [0.1, 0.15) is 83.4 Å². The lowest BCUT2D eigenvalue weighted by Gasteiger charge is -2.35. The summed E-state index contributed by atoms with van der Waals surface area (Å²) in [6, 6.07) is 9.81. The van der Waals surface area contributed by atoms with Crippen molar-refractivity contribution in [2.75, 3.05) is 6.61 Å². The van der Waals surface area contributed by atoms with E-state index in [0.29, 0.717) is 21.4 Å². The van der Waals surface area contributed by atoms with Crippen LogP contribution in [0.15, 0.2) is 66.2 Å². The Kier molecular flexibility index (Phi) is 11.1. The van der Waals surface area contributed by atoms with Gasteiger partial charge in [-0.1, -0.05) is 69.6 Å². The Balaban J connectivity index is 1.58. The lowest BCUT2D eigenvalue weighted by atomic mass is 9.75. The van der Waals surface area contributed by atoms with Gasteiger partial charge in [-0.05, 0) is 53.5 Å². The van der Waals surface area contributed by atoms with Gasteiger partial charge >= 0.3 is 12.5 Å². The fourth-order valence-electron chi connectivity index (χ4n) is 6.07. The first-order valence-electron chi connectivity index (χ1n) is 16.3. The second-order valence-electron chi connectivity index (χ2n) is 13.9. The first-order valence-corrected chi connectivity index (χ1v) is 16.7. The lowest BCUT2D eigenvalue weighted by Crippen LogP contribution is -2.47. The summed E-state index contributed by atoms with van der Waals surface area (Å²) in [5.41, 5.74) is 6.22. The minimum Gasteiger partial charge on any atom is -0.463 e. The molecule has 3 heterocycles. The number of carbonyl (C=O) groups excluding carboxylic acids is 2. The van der Waals surface area contributed by atoms with Gasteiger partial charge in [0, 0.05) is 11.8 Å². The number of hydrogen-bond donors (Lipinski definition) is 1. The summed E-state index contributed by atoms with van der Waals surface area (Å²) < 4.78 is 74.9. The third kappa shape index (κ3) is 7.96. The van der Waals surface area contributed by atoms with Crippen LogP contribution >= 0.6 is 11.6 Å². The van der Waals surface area contributed by atoms with Crippen LogP contribution in [0.25, 0.3) is 16.8 Å². The number of halogens is 6. The van der Waals surface area contributed by atoms with Crippen molar-refractivity contribution < 1.29 is 36.3 Å². The van der Waals surface area contributed by atoms with Gasteiger partial charge in [0.1, 0.15) is 19.1 Å². The van der Waals surface area contributed by atoms with Crippen molar-refractivity contribution in [1.29, 1.82) is 0 Å². The Morgan fingerprint density at radius 2 is 1.71 bits per heavy atom.